The molecule has 4 unspecified atom stereocenters. The number of amides is 1. The van der Waals surface area contributed by atoms with Gasteiger partial charge in [-0.2, -0.15) is 0 Å². The molecule has 1 amide bonds. The number of carbonyl (C=O) groups is 2. The lowest BCUT2D eigenvalue weighted by molar-refractivity contribution is -0.148. The van der Waals surface area contributed by atoms with E-state index in [-0.39, 0.29) is 24.0 Å². The maximum Gasteiger partial charge on any atom is 0.302 e. The van der Waals surface area contributed by atoms with Crippen LogP contribution in [-0.4, -0.2) is 24.0 Å². The van der Waals surface area contributed by atoms with Crippen molar-refractivity contribution in [2.24, 2.45) is 11.8 Å². The first-order valence-electron chi connectivity index (χ1n) is 5.52. The van der Waals surface area contributed by atoms with Crippen molar-refractivity contribution in [2.45, 2.75) is 45.3 Å². The van der Waals surface area contributed by atoms with Gasteiger partial charge in [0.25, 0.3) is 0 Å². The normalized spacial score (nSPS) is 37.7. The van der Waals surface area contributed by atoms with Crippen LogP contribution in [0.3, 0.4) is 0 Å². The lowest BCUT2D eigenvalue weighted by atomic mass is 9.95. The molecule has 2 rings (SSSR count). The van der Waals surface area contributed by atoms with Crippen molar-refractivity contribution in [1.82, 2.24) is 5.32 Å². The highest BCUT2D eigenvalue weighted by molar-refractivity contribution is 5.73. The molecule has 2 aliphatic carbocycles. The Morgan fingerprint density at radius 1 is 1.27 bits per heavy atom. The topological polar surface area (TPSA) is 55.4 Å². The Morgan fingerprint density at radius 3 is 2.60 bits per heavy atom. The van der Waals surface area contributed by atoms with Crippen LogP contribution in [0.5, 0.6) is 0 Å². The number of nitrogens with one attached hydrogen (secondary N) is 1. The van der Waals surface area contributed by atoms with E-state index < -0.39 is 0 Å². The molecule has 2 fully saturated rings. The predicted octanol–water partition coefficient (Wildman–Crippen LogP) is 0.853. The fourth-order valence-electron chi connectivity index (χ4n) is 3.07. The van der Waals surface area contributed by atoms with Crippen LogP contribution in [0.1, 0.15) is 33.1 Å². The van der Waals surface area contributed by atoms with Crippen LogP contribution in [0.25, 0.3) is 0 Å². The molecule has 0 aromatic heterocycles. The molecule has 2 saturated carbocycles. The van der Waals surface area contributed by atoms with E-state index in [4.69, 9.17) is 4.74 Å². The molecule has 0 aromatic rings. The van der Waals surface area contributed by atoms with E-state index in [0.29, 0.717) is 11.8 Å². The molecule has 0 radical (unpaired) electrons. The summed E-state index contributed by atoms with van der Waals surface area (Å²) >= 11 is 0. The minimum atomic E-state index is -0.208. The zero-order chi connectivity index (χ0) is 11.0. The highest BCUT2D eigenvalue weighted by Gasteiger charge is 2.50. The lowest BCUT2D eigenvalue weighted by Gasteiger charge is -2.22. The molecule has 15 heavy (non-hydrogen) atoms. The largest absolute Gasteiger partial charge is 0.462 e. The summed E-state index contributed by atoms with van der Waals surface area (Å²) in [6.07, 6.45) is 3.19. The first-order valence-corrected chi connectivity index (χ1v) is 5.52. The predicted molar refractivity (Wildman–Crippen MR) is 54.0 cm³/mol. The maximum atomic E-state index is 11.0. The zero-order valence-corrected chi connectivity index (χ0v) is 9.16. The molecule has 1 N–H and O–H groups in total. The fourth-order valence-corrected chi connectivity index (χ4v) is 3.07. The first kappa shape index (κ1) is 10.5. The summed E-state index contributed by atoms with van der Waals surface area (Å²) in [7, 11) is 0. The summed E-state index contributed by atoms with van der Waals surface area (Å²) in [5.74, 6) is 0.591. The number of fused-ring (bicyclic) bond motifs is 2. The number of ether oxygens (including phenoxy) is 1. The smallest absolute Gasteiger partial charge is 0.302 e. The number of carbonyl (C=O) groups excluding carboxylic acids is 2. The minimum Gasteiger partial charge on any atom is -0.462 e. The molecule has 4 nitrogen and oxygen atoms in total. The Balaban J connectivity index is 1.99. The summed E-state index contributed by atoms with van der Waals surface area (Å²) in [6.45, 7) is 2.98. The van der Waals surface area contributed by atoms with Gasteiger partial charge in [0.05, 0.1) is 0 Å². The van der Waals surface area contributed by atoms with Gasteiger partial charge < -0.3 is 10.1 Å². The van der Waals surface area contributed by atoms with Gasteiger partial charge in [0.15, 0.2) is 0 Å². The second-order valence-electron chi connectivity index (χ2n) is 4.62. The molecule has 0 aromatic carbocycles. The molecule has 2 aliphatic rings. The van der Waals surface area contributed by atoms with Gasteiger partial charge in [-0.25, -0.2) is 0 Å². The number of rotatable bonds is 2. The standard InChI is InChI=1S/C11H17NO3/c1-6(13)12-10-5-8-3-4-9(10)11(8)15-7(2)14/h8-11H,3-5H2,1-2H3,(H,12,13). The van der Waals surface area contributed by atoms with E-state index in [0.717, 1.165) is 19.3 Å². The van der Waals surface area contributed by atoms with Crippen LogP contribution < -0.4 is 5.32 Å². The molecular formula is C11H17NO3. The molecule has 0 spiro atoms. The van der Waals surface area contributed by atoms with E-state index in [9.17, 15) is 9.59 Å². The summed E-state index contributed by atoms with van der Waals surface area (Å²) in [6, 6.07) is 0.214. The number of hydrogen-bond acceptors (Lipinski definition) is 3. The molecule has 0 heterocycles. The van der Waals surface area contributed by atoms with Gasteiger partial charge in [-0.15, -0.1) is 0 Å². The van der Waals surface area contributed by atoms with E-state index >= 15 is 0 Å². The third-order valence-electron chi connectivity index (χ3n) is 3.52. The molecule has 0 saturated heterocycles. The van der Waals surface area contributed by atoms with Crippen molar-refractivity contribution in [1.29, 1.82) is 0 Å². The van der Waals surface area contributed by atoms with E-state index in [1.165, 1.54) is 13.8 Å². The first-order chi connectivity index (χ1) is 7.08. The molecule has 4 heteroatoms. The van der Waals surface area contributed by atoms with Gasteiger partial charge in [0.1, 0.15) is 6.10 Å². The van der Waals surface area contributed by atoms with Crippen LogP contribution in [0, 0.1) is 11.8 Å². The molecule has 2 bridgehead atoms. The van der Waals surface area contributed by atoms with Crippen molar-refractivity contribution in [2.75, 3.05) is 0 Å². The van der Waals surface area contributed by atoms with Crippen LogP contribution in [0.15, 0.2) is 0 Å². The van der Waals surface area contributed by atoms with Crippen molar-refractivity contribution >= 4 is 11.9 Å². The Labute approximate surface area is 89.4 Å². The van der Waals surface area contributed by atoms with Gasteiger partial charge in [0, 0.05) is 25.8 Å². The summed E-state index contributed by atoms with van der Waals surface area (Å²) < 4.78 is 5.32. The number of hydrogen-bond donors (Lipinski definition) is 1. The van der Waals surface area contributed by atoms with E-state index in [1.807, 2.05) is 0 Å². The highest BCUT2D eigenvalue weighted by Crippen LogP contribution is 2.46. The Morgan fingerprint density at radius 2 is 2.00 bits per heavy atom. The van der Waals surface area contributed by atoms with E-state index in [1.54, 1.807) is 0 Å². The average molecular weight is 211 g/mol. The van der Waals surface area contributed by atoms with Crippen LogP contribution in [0.2, 0.25) is 0 Å². The SMILES string of the molecule is CC(=O)NC1CC2CCC1C2OC(C)=O. The average Bonchev–Trinajstić information content (AvgIpc) is 2.60. The second-order valence-corrected chi connectivity index (χ2v) is 4.62. The van der Waals surface area contributed by atoms with Crippen molar-refractivity contribution in [3.8, 4) is 0 Å². The maximum absolute atomic E-state index is 11.0. The third-order valence-corrected chi connectivity index (χ3v) is 3.52. The van der Waals surface area contributed by atoms with Crippen molar-refractivity contribution in [3.63, 3.8) is 0 Å². The van der Waals surface area contributed by atoms with Crippen LogP contribution in [0.4, 0.5) is 0 Å². The minimum absolute atomic E-state index is 0.00845. The van der Waals surface area contributed by atoms with Gasteiger partial charge in [0.2, 0.25) is 5.91 Å². The highest BCUT2D eigenvalue weighted by atomic mass is 16.5. The van der Waals surface area contributed by atoms with E-state index in [2.05, 4.69) is 5.32 Å². The summed E-state index contributed by atoms with van der Waals surface area (Å²) in [5.41, 5.74) is 0. The summed E-state index contributed by atoms with van der Waals surface area (Å²) in [4.78, 5) is 21.9. The number of esters is 1. The Hall–Kier alpha value is -1.06. The quantitative estimate of drug-likeness (QED) is 0.689. The van der Waals surface area contributed by atoms with Crippen LogP contribution in [-0.2, 0) is 14.3 Å². The van der Waals surface area contributed by atoms with Crippen molar-refractivity contribution < 1.29 is 14.3 Å². The van der Waals surface area contributed by atoms with Gasteiger partial charge >= 0.3 is 5.97 Å². The Bertz CT molecular complexity index is 290. The summed E-state index contributed by atoms with van der Waals surface area (Å²) in [5, 5.41) is 2.95. The molecule has 0 aliphatic heterocycles. The third kappa shape index (κ3) is 1.98. The molecule has 84 valence electrons. The second kappa shape index (κ2) is 3.83. The van der Waals surface area contributed by atoms with Gasteiger partial charge in [-0.05, 0) is 25.2 Å². The van der Waals surface area contributed by atoms with Gasteiger partial charge in [-0.3, -0.25) is 9.59 Å². The lowest BCUT2D eigenvalue weighted by Crippen LogP contribution is -2.38. The molecular weight excluding hydrogens is 194 g/mol. The monoisotopic (exact) mass is 211 g/mol. The Kier molecular flexibility index (Phi) is 2.67. The fraction of sp³-hybridized carbons (Fsp3) is 0.818. The van der Waals surface area contributed by atoms with Crippen LogP contribution >= 0.6 is 0 Å². The van der Waals surface area contributed by atoms with Gasteiger partial charge in [-0.1, -0.05) is 0 Å². The zero-order valence-electron chi connectivity index (χ0n) is 9.16. The molecule has 4 atom stereocenters. The van der Waals surface area contributed by atoms with Crippen molar-refractivity contribution in [3.05, 3.63) is 0 Å².